The maximum absolute atomic E-state index is 12.6. The van der Waals surface area contributed by atoms with Crippen molar-refractivity contribution in [2.24, 2.45) is 22.7 Å². The number of oxime groups is 1. The molecule has 6 rings (SSSR count). The third-order valence-electron chi connectivity index (χ3n) is 11.6. The fourth-order valence-electron chi connectivity index (χ4n) is 7.92. The summed E-state index contributed by atoms with van der Waals surface area (Å²) < 4.78 is 0. The minimum atomic E-state index is -0.496. The number of hydrogen-bond donors (Lipinski definition) is 4. The van der Waals surface area contributed by atoms with E-state index in [9.17, 15) is 19.2 Å². The van der Waals surface area contributed by atoms with Gasteiger partial charge < -0.3 is 21.6 Å². The van der Waals surface area contributed by atoms with Crippen LogP contribution in [0.3, 0.4) is 0 Å². The van der Waals surface area contributed by atoms with Crippen LogP contribution in [0.2, 0.25) is 0 Å². The summed E-state index contributed by atoms with van der Waals surface area (Å²) in [7, 11) is 0. The first kappa shape index (κ1) is 43.1. The SMILES string of the molecule is C[C@H](NC(=O)[C@@H]1CC[C@@H](c2ccccc2)C1)C(=O)CCc1ccc(/C(N)=N/O)cc1.[C-]#[N+]c1ccc(CCC(=O)[C@H](C)NC(=O)[C@@H]2CC[C@@H](c3ccccc3)C2)cc1. The van der Waals surface area contributed by atoms with Gasteiger partial charge >= 0.3 is 0 Å². The van der Waals surface area contributed by atoms with Crippen molar-refractivity contribution in [3.8, 4) is 0 Å². The second-order valence-electron chi connectivity index (χ2n) is 15.6. The maximum atomic E-state index is 12.6. The Morgan fingerprint density at radius 1 is 0.672 bits per heavy atom. The van der Waals surface area contributed by atoms with Gasteiger partial charge in [0, 0.05) is 30.2 Å². The maximum Gasteiger partial charge on any atom is 0.223 e. The molecule has 0 saturated heterocycles. The van der Waals surface area contributed by atoms with Crippen molar-refractivity contribution >= 4 is 34.9 Å². The van der Waals surface area contributed by atoms with Crippen molar-refractivity contribution in [1.29, 1.82) is 0 Å². The highest BCUT2D eigenvalue weighted by Gasteiger charge is 2.33. The summed E-state index contributed by atoms with van der Waals surface area (Å²) in [4.78, 5) is 53.5. The standard InChI is InChI=1S/C24H29N3O3.C24H26N2O2/c1-16(22(28)14-9-17-7-10-19(11-8-17)23(25)27-30)26-24(29)21-13-12-20(15-21)18-5-3-2-4-6-18;1-17(23(27)15-10-18-8-13-22(25-2)14-9-18)26-24(28)21-12-11-20(16-21)19-6-4-3-5-7-19/h2-8,10-11,16,20-21,30H,9,12-15H2,1H3,(H2,25,27)(H,26,29);3-9,13-14,17,20-21H,10-12,15-16H2,1H3,(H,26,28)/t16-,20+,21+;17-,20+,21+/m00/s1. The first-order chi connectivity index (χ1) is 28.0. The molecule has 6 atom stereocenters. The number of nitrogens with one attached hydrogen (secondary N) is 2. The smallest absolute Gasteiger partial charge is 0.223 e. The molecule has 58 heavy (non-hydrogen) atoms. The quantitative estimate of drug-likeness (QED) is 0.0314. The zero-order valence-electron chi connectivity index (χ0n) is 33.5. The Bertz CT molecular complexity index is 2040. The van der Waals surface area contributed by atoms with Gasteiger partial charge in [-0.15, -0.1) is 0 Å². The molecule has 0 radical (unpaired) electrons. The van der Waals surface area contributed by atoms with Gasteiger partial charge in [-0.3, -0.25) is 19.2 Å². The van der Waals surface area contributed by atoms with Crippen LogP contribution >= 0.6 is 0 Å². The summed E-state index contributed by atoms with van der Waals surface area (Å²) in [6.07, 6.45) is 7.38. The lowest BCUT2D eigenvalue weighted by molar-refractivity contribution is -0.129. The van der Waals surface area contributed by atoms with Crippen LogP contribution in [0.25, 0.3) is 4.85 Å². The van der Waals surface area contributed by atoms with Crippen molar-refractivity contribution in [3.05, 3.63) is 148 Å². The Morgan fingerprint density at radius 2 is 1.09 bits per heavy atom. The number of carbonyl (C=O) groups is 4. The average Bonchev–Trinajstić information content (AvgIpc) is 3.98. The van der Waals surface area contributed by atoms with Gasteiger partial charge in [-0.05, 0) is 93.7 Å². The van der Waals surface area contributed by atoms with Gasteiger partial charge in [0.25, 0.3) is 0 Å². The Hall–Kier alpha value is -6.08. The van der Waals surface area contributed by atoms with Gasteiger partial charge in [-0.1, -0.05) is 120 Å². The van der Waals surface area contributed by atoms with Crippen molar-refractivity contribution in [2.75, 3.05) is 0 Å². The lowest BCUT2D eigenvalue weighted by Gasteiger charge is -2.17. The summed E-state index contributed by atoms with van der Waals surface area (Å²) >= 11 is 0. The molecular weight excluding hydrogens is 727 g/mol. The van der Waals surface area contributed by atoms with Gasteiger partial charge in [0.15, 0.2) is 23.1 Å². The molecule has 2 fully saturated rings. The van der Waals surface area contributed by atoms with Gasteiger partial charge in [-0.2, -0.15) is 0 Å². The third-order valence-corrected chi connectivity index (χ3v) is 11.6. The van der Waals surface area contributed by atoms with Gasteiger partial charge in [0.2, 0.25) is 11.8 Å². The monoisotopic (exact) mass is 781 g/mol. The van der Waals surface area contributed by atoms with E-state index in [2.05, 4.69) is 44.9 Å². The molecule has 2 aliphatic carbocycles. The molecule has 0 spiro atoms. The van der Waals surface area contributed by atoms with Crippen LogP contribution in [0.5, 0.6) is 0 Å². The first-order valence-corrected chi connectivity index (χ1v) is 20.3. The fourth-order valence-corrected chi connectivity index (χ4v) is 7.92. The minimum Gasteiger partial charge on any atom is -0.409 e. The van der Waals surface area contributed by atoms with E-state index in [1.165, 1.54) is 11.1 Å². The second-order valence-corrected chi connectivity index (χ2v) is 15.6. The van der Waals surface area contributed by atoms with Crippen LogP contribution in [0, 0.1) is 18.4 Å². The van der Waals surface area contributed by atoms with Crippen LogP contribution in [0.4, 0.5) is 5.69 Å². The number of carbonyl (C=O) groups excluding carboxylic acids is 4. The Kier molecular flexibility index (Phi) is 15.9. The summed E-state index contributed by atoms with van der Waals surface area (Å²) in [6, 6.07) is 34.2. The van der Waals surface area contributed by atoms with E-state index in [0.717, 1.165) is 49.7 Å². The van der Waals surface area contributed by atoms with Gasteiger partial charge in [0.05, 0.1) is 18.7 Å². The number of rotatable bonds is 15. The second kappa shape index (κ2) is 21.4. The number of ketones is 2. The molecule has 0 aliphatic heterocycles. The van der Waals surface area contributed by atoms with E-state index in [1.54, 1.807) is 38.1 Å². The summed E-state index contributed by atoms with van der Waals surface area (Å²) in [6.45, 7) is 10.5. The lowest BCUT2D eigenvalue weighted by Crippen LogP contribution is -2.41. The summed E-state index contributed by atoms with van der Waals surface area (Å²) in [5.41, 5.74) is 11.4. The highest BCUT2D eigenvalue weighted by atomic mass is 16.4. The number of nitrogens with zero attached hydrogens (tertiary/aromatic N) is 2. The predicted molar refractivity (Wildman–Crippen MR) is 227 cm³/mol. The van der Waals surface area contributed by atoms with Crippen LogP contribution in [-0.4, -0.2) is 46.5 Å². The van der Waals surface area contributed by atoms with E-state index in [1.807, 2.05) is 60.7 Å². The van der Waals surface area contributed by atoms with Gasteiger partial charge in [-0.25, -0.2) is 4.85 Å². The Labute approximate surface area is 342 Å². The van der Waals surface area contributed by atoms with Crippen LogP contribution in [0.15, 0.2) is 114 Å². The number of amides is 2. The van der Waals surface area contributed by atoms with Crippen LogP contribution in [0.1, 0.15) is 105 Å². The fraction of sp³-hybridized carbons (Fsp3) is 0.375. The molecule has 0 bridgehead atoms. The largest absolute Gasteiger partial charge is 0.409 e. The van der Waals surface area contributed by atoms with E-state index >= 15 is 0 Å². The zero-order valence-corrected chi connectivity index (χ0v) is 33.5. The molecule has 10 heteroatoms. The highest BCUT2D eigenvalue weighted by Crippen LogP contribution is 2.39. The normalized spacial score (nSPS) is 19.8. The number of aryl methyl sites for hydroxylation is 2. The van der Waals surface area contributed by atoms with Crippen LogP contribution in [-0.2, 0) is 32.0 Å². The summed E-state index contributed by atoms with van der Waals surface area (Å²) in [5.74, 6) is 0.899. The summed E-state index contributed by atoms with van der Waals surface area (Å²) in [5, 5.41) is 17.5. The molecule has 10 nitrogen and oxygen atoms in total. The molecule has 0 heterocycles. The van der Waals surface area contributed by atoms with Crippen LogP contribution < -0.4 is 16.4 Å². The molecular formula is C48H55N5O5. The molecule has 2 aliphatic rings. The van der Waals surface area contributed by atoms with Crippen molar-refractivity contribution < 1.29 is 24.4 Å². The molecule has 4 aromatic carbocycles. The van der Waals surface area contributed by atoms with E-state index < -0.39 is 12.1 Å². The number of hydrogen-bond acceptors (Lipinski definition) is 6. The molecule has 2 saturated carbocycles. The van der Waals surface area contributed by atoms with Crippen molar-refractivity contribution in [2.45, 2.75) is 102 Å². The van der Waals surface area contributed by atoms with Crippen molar-refractivity contribution in [1.82, 2.24) is 10.6 Å². The first-order valence-electron chi connectivity index (χ1n) is 20.3. The molecule has 302 valence electrons. The predicted octanol–water partition coefficient (Wildman–Crippen LogP) is 8.20. The topological polar surface area (TPSA) is 155 Å². The molecule has 0 unspecified atom stereocenters. The Balaban J connectivity index is 0.000000221. The molecule has 5 N–H and O–H groups in total. The minimum absolute atomic E-state index is 0.000640. The lowest BCUT2D eigenvalue weighted by atomic mass is 9.96. The highest BCUT2D eigenvalue weighted by molar-refractivity contribution is 5.97. The van der Waals surface area contributed by atoms with E-state index in [-0.39, 0.29) is 41.1 Å². The van der Waals surface area contributed by atoms with E-state index in [4.69, 9.17) is 17.5 Å². The number of amidine groups is 1. The number of nitrogens with two attached hydrogens (primary N) is 1. The van der Waals surface area contributed by atoms with E-state index in [0.29, 0.717) is 48.8 Å². The molecule has 0 aromatic heterocycles. The zero-order chi connectivity index (χ0) is 41.4. The van der Waals surface area contributed by atoms with Gasteiger partial charge in [0.1, 0.15) is 0 Å². The third kappa shape index (κ3) is 12.5. The molecule has 4 aromatic rings. The Morgan fingerprint density at radius 3 is 1.48 bits per heavy atom. The number of benzene rings is 4. The average molecular weight is 782 g/mol. The number of Topliss-reactive ketones (excluding diaryl/α,β-unsaturated/α-hetero) is 2. The molecule has 2 amide bonds. The van der Waals surface area contributed by atoms with Crippen molar-refractivity contribution in [3.63, 3.8) is 0 Å².